The van der Waals surface area contributed by atoms with E-state index in [1.807, 2.05) is 6.92 Å². The Morgan fingerprint density at radius 2 is 2.21 bits per heavy atom. The lowest BCUT2D eigenvalue weighted by atomic mass is 10.3. The number of aromatic amines is 1. The maximum absolute atomic E-state index is 13.1. The minimum atomic E-state index is -0.453. The molecule has 0 bridgehead atoms. The molecule has 96 valence electrons. The number of H-pyrrole nitrogens is 1. The van der Waals surface area contributed by atoms with E-state index in [9.17, 15) is 9.18 Å². The van der Waals surface area contributed by atoms with Crippen LogP contribution in [0.15, 0.2) is 27.5 Å². The summed E-state index contributed by atoms with van der Waals surface area (Å²) >= 11 is 0. The van der Waals surface area contributed by atoms with Crippen LogP contribution < -0.4 is 5.56 Å². The maximum Gasteiger partial charge on any atom is 0.282 e. The van der Waals surface area contributed by atoms with Gasteiger partial charge in [-0.2, -0.15) is 4.98 Å². The van der Waals surface area contributed by atoms with E-state index >= 15 is 0 Å². The second kappa shape index (κ2) is 4.27. The lowest BCUT2D eigenvalue weighted by Gasteiger charge is -1.98. The van der Waals surface area contributed by atoms with E-state index in [-0.39, 0.29) is 11.6 Å². The number of nitrogens with one attached hydrogen (secondary N) is 1. The Labute approximate surface area is 106 Å². The summed E-state index contributed by atoms with van der Waals surface area (Å²) in [5.41, 5.74) is 0.312. The fourth-order valence-electron chi connectivity index (χ4n) is 1.69. The van der Waals surface area contributed by atoms with Crippen LogP contribution in [-0.2, 0) is 6.42 Å². The Hall–Kier alpha value is -2.57. The molecule has 1 N–H and O–H groups in total. The van der Waals surface area contributed by atoms with Gasteiger partial charge >= 0.3 is 0 Å². The Balaban J connectivity index is 2.23. The molecule has 0 aliphatic carbocycles. The Kier molecular flexibility index (Phi) is 2.59. The van der Waals surface area contributed by atoms with Gasteiger partial charge in [0.1, 0.15) is 5.82 Å². The van der Waals surface area contributed by atoms with Crippen molar-refractivity contribution in [2.45, 2.75) is 13.3 Å². The molecule has 19 heavy (non-hydrogen) atoms. The van der Waals surface area contributed by atoms with Gasteiger partial charge in [0.05, 0.1) is 11.0 Å². The summed E-state index contributed by atoms with van der Waals surface area (Å²) in [4.78, 5) is 22.6. The number of benzene rings is 1. The predicted molar refractivity (Wildman–Crippen MR) is 65.0 cm³/mol. The van der Waals surface area contributed by atoms with E-state index in [1.165, 1.54) is 18.2 Å². The molecule has 3 rings (SSSR count). The van der Waals surface area contributed by atoms with Gasteiger partial charge in [-0.1, -0.05) is 12.1 Å². The number of hydrogen-bond donors (Lipinski definition) is 1. The van der Waals surface area contributed by atoms with Gasteiger partial charge in [-0.05, 0) is 12.1 Å². The first-order chi connectivity index (χ1) is 9.17. The molecule has 2 heterocycles. The molecule has 0 amide bonds. The summed E-state index contributed by atoms with van der Waals surface area (Å²) in [7, 11) is 0. The minimum absolute atomic E-state index is 0.00898. The zero-order valence-electron chi connectivity index (χ0n) is 9.98. The number of aryl methyl sites for hydroxylation is 1. The van der Waals surface area contributed by atoms with Gasteiger partial charge in [0, 0.05) is 12.5 Å². The minimum Gasteiger partial charge on any atom is -0.332 e. The SMILES string of the molecule is CCc1noc(-c2nc3cc(F)ccc3[nH]c2=O)n1. The summed E-state index contributed by atoms with van der Waals surface area (Å²) in [5, 5.41) is 3.70. The summed E-state index contributed by atoms with van der Waals surface area (Å²) in [6.45, 7) is 1.86. The van der Waals surface area contributed by atoms with Crippen LogP contribution in [0.2, 0.25) is 0 Å². The van der Waals surface area contributed by atoms with Crippen LogP contribution in [-0.4, -0.2) is 20.1 Å². The number of aromatic nitrogens is 4. The molecular weight excluding hydrogens is 251 g/mol. The first-order valence-electron chi connectivity index (χ1n) is 5.70. The van der Waals surface area contributed by atoms with Crippen LogP contribution in [0.4, 0.5) is 4.39 Å². The second-order valence-corrected chi connectivity index (χ2v) is 3.95. The Morgan fingerprint density at radius 1 is 1.37 bits per heavy atom. The van der Waals surface area contributed by atoms with Crippen LogP contribution in [0.5, 0.6) is 0 Å². The lowest BCUT2D eigenvalue weighted by molar-refractivity contribution is 0.421. The molecular formula is C12H9FN4O2. The number of rotatable bonds is 2. The van der Waals surface area contributed by atoms with E-state index in [2.05, 4.69) is 20.1 Å². The molecule has 3 aromatic rings. The maximum atomic E-state index is 13.1. The fourth-order valence-corrected chi connectivity index (χ4v) is 1.69. The molecule has 0 radical (unpaired) electrons. The number of nitrogens with zero attached hydrogens (tertiary/aromatic N) is 3. The molecule has 0 unspecified atom stereocenters. The topological polar surface area (TPSA) is 84.7 Å². The summed E-state index contributed by atoms with van der Waals surface area (Å²) in [6, 6.07) is 3.93. The molecule has 0 saturated carbocycles. The molecule has 0 saturated heterocycles. The van der Waals surface area contributed by atoms with Gasteiger partial charge in [-0.15, -0.1) is 0 Å². The van der Waals surface area contributed by atoms with Crippen molar-refractivity contribution in [3.8, 4) is 11.6 Å². The highest BCUT2D eigenvalue weighted by Gasteiger charge is 2.14. The first-order valence-corrected chi connectivity index (χ1v) is 5.70. The van der Waals surface area contributed by atoms with Gasteiger partial charge < -0.3 is 9.51 Å². The first kappa shape index (κ1) is 11.5. The van der Waals surface area contributed by atoms with Crippen LogP contribution in [0, 0.1) is 5.82 Å². The molecule has 0 atom stereocenters. The average Bonchev–Trinajstić information content (AvgIpc) is 2.87. The van der Waals surface area contributed by atoms with E-state index in [4.69, 9.17) is 4.52 Å². The highest BCUT2D eigenvalue weighted by atomic mass is 19.1. The van der Waals surface area contributed by atoms with Crippen molar-refractivity contribution in [2.75, 3.05) is 0 Å². The molecule has 0 spiro atoms. The quantitative estimate of drug-likeness (QED) is 0.757. The summed E-state index contributed by atoms with van der Waals surface area (Å²) in [6.07, 6.45) is 0.587. The van der Waals surface area contributed by atoms with Gasteiger partial charge in [0.25, 0.3) is 11.4 Å². The summed E-state index contributed by atoms with van der Waals surface area (Å²) in [5.74, 6) is 0.0811. The molecule has 6 nitrogen and oxygen atoms in total. The van der Waals surface area contributed by atoms with Crippen molar-refractivity contribution in [3.05, 3.63) is 40.2 Å². The average molecular weight is 260 g/mol. The highest BCUT2D eigenvalue weighted by molar-refractivity contribution is 5.75. The van der Waals surface area contributed by atoms with Gasteiger partial charge in [-0.25, -0.2) is 9.37 Å². The fraction of sp³-hybridized carbons (Fsp3) is 0.167. The third-order valence-electron chi connectivity index (χ3n) is 2.64. The molecule has 1 aromatic carbocycles. The van der Waals surface area contributed by atoms with Crippen LogP contribution >= 0.6 is 0 Å². The van der Waals surface area contributed by atoms with E-state index < -0.39 is 11.4 Å². The molecule has 7 heteroatoms. The number of fused-ring (bicyclic) bond motifs is 1. The third kappa shape index (κ3) is 1.99. The molecule has 0 aliphatic rings. The van der Waals surface area contributed by atoms with Crippen molar-refractivity contribution in [2.24, 2.45) is 0 Å². The molecule has 2 aromatic heterocycles. The zero-order chi connectivity index (χ0) is 13.4. The van der Waals surface area contributed by atoms with Crippen molar-refractivity contribution < 1.29 is 8.91 Å². The standard InChI is InChI=1S/C12H9FN4O2/c1-2-9-16-12(19-17-9)10-11(18)15-7-4-3-6(13)5-8(7)14-10/h3-5H,2H2,1H3,(H,15,18). The van der Waals surface area contributed by atoms with Gasteiger partial charge in [0.15, 0.2) is 11.5 Å². The highest BCUT2D eigenvalue weighted by Crippen LogP contribution is 2.15. The number of hydrogen-bond acceptors (Lipinski definition) is 5. The predicted octanol–water partition coefficient (Wildman–Crippen LogP) is 1.67. The number of halogens is 1. The van der Waals surface area contributed by atoms with E-state index in [0.29, 0.717) is 23.3 Å². The smallest absolute Gasteiger partial charge is 0.282 e. The third-order valence-corrected chi connectivity index (χ3v) is 2.64. The second-order valence-electron chi connectivity index (χ2n) is 3.95. The van der Waals surface area contributed by atoms with Crippen molar-refractivity contribution >= 4 is 11.0 Å². The van der Waals surface area contributed by atoms with Crippen molar-refractivity contribution in [1.29, 1.82) is 0 Å². The van der Waals surface area contributed by atoms with Crippen LogP contribution in [0.25, 0.3) is 22.6 Å². The van der Waals surface area contributed by atoms with Gasteiger partial charge in [0.2, 0.25) is 0 Å². The largest absolute Gasteiger partial charge is 0.332 e. The summed E-state index contributed by atoms with van der Waals surface area (Å²) < 4.78 is 18.1. The van der Waals surface area contributed by atoms with Crippen molar-refractivity contribution in [3.63, 3.8) is 0 Å². The molecule has 0 aliphatic heterocycles. The van der Waals surface area contributed by atoms with E-state index in [0.717, 1.165) is 0 Å². The Morgan fingerprint density at radius 3 is 2.95 bits per heavy atom. The van der Waals surface area contributed by atoms with E-state index in [1.54, 1.807) is 0 Å². The van der Waals surface area contributed by atoms with Gasteiger partial charge in [-0.3, -0.25) is 4.79 Å². The van der Waals surface area contributed by atoms with Crippen LogP contribution in [0.1, 0.15) is 12.7 Å². The zero-order valence-corrected chi connectivity index (χ0v) is 9.98. The van der Waals surface area contributed by atoms with Crippen LogP contribution in [0.3, 0.4) is 0 Å². The molecule has 0 fully saturated rings. The normalized spacial score (nSPS) is 11.1. The Bertz CT molecular complexity index is 809. The van der Waals surface area contributed by atoms with Crippen molar-refractivity contribution in [1.82, 2.24) is 20.1 Å². The monoisotopic (exact) mass is 260 g/mol. The lowest BCUT2D eigenvalue weighted by Crippen LogP contribution is -2.11.